The summed E-state index contributed by atoms with van der Waals surface area (Å²) >= 11 is 0. The molecule has 0 radical (unpaired) electrons. The van der Waals surface area contributed by atoms with Crippen LogP contribution in [0.4, 0.5) is 0 Å². The van der Waals surface area contributed by atoms with Crippen LogP contribution in [0.25, 0.3) is 0 Å². The summed E-state index contributed by atoms with van der Waals surface area (Å²) in [6, 6.07) is 0. The van der Waals surface area contributed by atoms with Crippen LogP contribution >= 0.6 is 12.4 Å². The third kappa shape index (κ3) is 5.65. The van der Waals surface area contributed by atoms with E-state index in [1.807, 2.05) is 6.92 Å². The fourth-order valence-electron chi connectivity index (χ4n) is 2.48. The zero-order valence-electron chi connectivity index (χ0n) is 12.2. The van der Waals surface area contributed by atoms with Crippen LogP contribution in [0.2, 0.25) is 0 Å². The second-order valence-corrected chi connectivity index (χ2v) is 5.03. The molecule has 0 saturated carbocycles. The molecule has 1 unspecified atom stereocenters. The molecular weight excluding hydrogens is 268 g/mol. The highest BCUT2D eigenvalue weighted by Crippen LogP contribution is 2.28. The Bertz CT molecular complexity index is 249. The topological polar surface area (TPSA) is 59.6 Å². The Morgan fingerprint density at radius 2 is 2.00 bits per heavy atom. The molecule has 1 rings (SSSR count). The SMILES string of the molecule is CCC(OC)C(=O)NCC1(COC)CCNCC1.Cl. The molecule has 1 aliphatic heterocycles. The van der Waals surface area contributed by atoms with Crippen LogP contribution in [-0.2, 0) is 14.3 Å². The van der Waals surface area contributed by atoms with E-state index in [-0.39, 0.29) is 29.8 Å². The second kappa shape index (κ2) is 9.53. The van der Waals surface area contributed by atoms with Gasteiger partial charge in [-0.05, 0) is 32.4 Å². The monoisotopic (exact) mass is 294 g/mol. The van der Waals surface area contributed by atoms with Crippen LogP contribution in [0.5, 0.6) is 0 Å². The predicted octanol–water partition coefficient (Wildman–Crippen LogP) is 0.966. The largest absolute Gasteiger partial charge is 0.384 e. The van der Waals surface area contributed by atoms with Gasteiger partial charge in [0.15, 0.2) is 0 Å². The predicted molar refractivity (Wildman–Crippen MR) is 77.8 cm³/mol. The van der Waals surface area contributed by atoms with Gasteiger partial charge in [-0.15, -0.1) is 12.4 Å². The lowest BCUT2D eigenvalue weighted by atomic mass is 9.79. The van der Waals surface area contributed by atoms with Crippen molar-refractivity contribution in [3.05, 3.63) is 0 Å². The van der Waals surface area contributed by atoms with E-state index in [2.05, 4.69) is 10.6 Å². The van der Waals surface area contributed by atoms with Gasteiger partial charge in [0.1, 0.15) is 6.10 Å². The summed E-state index contributed by atoms with van der Waals surface area (Å²) in [6.45, 7) is 5.28. The van der Waals surface area contributed by atoms with Gasteiger partial charge in [0.2, 0.25) is 5.91 Å². The molecule has 1 fully saturated rings. The maximum Gasteiger partial charge on any atom is 0.249 e. The van der Waals surface area contributed by atoms with Crippen molar-refractivity contribution in [2.24, 2.45) is 5.41 Å². The smallest absolute Gasteiger partial charge is 0.249 e. The molecule has 0 spiro atoms. The minimum Gasteiger partial charge on any atom is -0.384 e. The maximum absolute atomic E-state index is 11.9. The minimum absolute atomic E-state index is 0. The number of carbonyl (C=O) groups excluding carboxylic acids is 1. The first-order valence-electron chi connectivity index (χ1n) is 6.67. The van der Waals surface area contributed by atoms with E-state index >= 15 is 0 Å². The third-order valence-electron chi connectivity index (χ3n) is 3.70. The second-order valence-electron chi connectivity index (χ2n) is 5.03. The van der Waals surface area contributed by atoms with Crippen molar-refractivity contribution in [3.8, 4) is 0 Å². The van der Waals surface area contributed by atoms with Crippen LogP contribution in [0.1, 0.15) is 26.2 Å². The Balaban J connectivity index is 0.00000324. The highest BCUT2D eigenvalue weighted by atomic mass is 35.5. The Morgan fingerprint density at radius 3 is 2.47 bits per heavy atom. The number of amides is 1. The molecule has 0 aromatic carbocycles. The molecule has 19 heavy (non-hydrogen) atoms. The number of methoxy groups -OCH3 is 2. The van der Waals surface area contributed by atoms with Crippen molar-refractivity contribution in [2.75, 3.05) is 40.5 Å². The van der Waals surface area contributed by atoms with Crippen molar-refractivity contribution < 1.29 is 14.3 Å². The van der Waals surface area contributed by atoms with E-state index in [9.17, 15) is 4.79 Å². The molecule has 0 aromatic heterocycles. The number of hydrogen-bond acceptors (Lipinski definition) is 4. The Labute approximate surface area is 122 Å². The zero-order chi connectivity index (χ0) is 13.4. The summed E-state index contributed by atoms with van der Waals surface area (Å²) in [7, 11) is 3.29. The summed E-state index contributed by atoms with van der Waals surface area (Å²) in [5.41, 5.74) is 0.0711. The van der Waals surface area contributed by atoms with E-state index in [1.165, 1.54) is 0 Å². The van der Waals surface area contributed by atoms with Gasteiger partial charge < -0.3 is 20.1 Å². The van der Waals surface area contributed by atoms with Crippen LogP contribution in [0.15, 0.2) is 0 Å². The first-order chi connectivity index (χ1) is 8.67. The molecule has 0 aromatic rings. The number of hydrogen-bond donors (Lipinski definition) is 2. The molecule has 114 valence electrons. The minimum atomic E-state index is -0.341. The van der Waals surface area contributed by atoms with E-state index in [0.29, 0.717) is 19.6 Å². The molecule has 2 N–H and O–H groups in total. The molecule has 1 saturated heterocycles. The fourth-order valence-corrected chi connectivity index (χ4v) is 2.48. The molecule has 6 heteroatoms. The van der Waals surface area contributed by atoms with Crippen molar-refractivity contribution >= 4 is 18.3 Å². The fraction of sp³-hybridized carbons (Fsp3) is 0.923. The first kappa shape index (κ1) is 18.6. The number of rotatable bonds is 7. The number of piperidine rings is 1. The van der Waals surface area contributed by atoms with E-state index in [0.717, 1.165) is 25.9 Å². The summed E-state index contributed by atoms with van der Waals surface area (Å²) in [5, 5.41) is 6.35. The van der Waals surface area contributed by atoms with Gasteiger partial charge in [0, 0.05) is 26.2 Å². The lowest BCUT2D eigenvalue weighted by Crippen LogP contribution is -2.49. The standard InChI is InChI=1S/C13H26N2O3.ClH/c1-4-11(18-3)12(16)15-9-13(10-17-2)5-7-14-8-6-13;/h11,14H,4-10H2,1-3H3,(H,15,16);1H. The highest BCUT2D eigenvalue weighted by Gasteiger charge is 2.33. The van der Waals surface area contributed by atoms with Gasteiger partial charge in [-0.3, -0.25) is 4.79 Å². The molecule has 5 nitrogen and oxygen atoms in total. The quantitative estimate of drug-likeness (QED) is 0.734. The first-order valence-corrected chi connectivity index (χ1v) is 6.67. The Hall–Kier alpha value is -0.360. The van der Waals surface area contributed by atoms with Crippen molar-refractivity contribution in [1.29, 1.82) is 0 Å². The zero-order valence-corrected chi connectivity index (χ0v) is 13.0. The van der Waals surface area contributed by atoms with Crippen LogP contribution in [0, 0.1) is 5.41 Å². The van der Waals surface area contributed by atoms with E-state index < -0.39 is 0 Å². The van der Waals surface area contributed by atoms with Crippen molar-refractivity contribution in [2.45, 2.75) is 32.3 Å². The number of carbonyl (C=O) groups is 1. The number of nitrogens with one attached hydrogen (secondary N) is 2. The van der Waals surface area contributed by atoms with Crippen LogP contribution in [0.3, 0.4) is 0 Å². The molecule has 1 atom stereocenters. The lowest BCUT2D eigenvalue weighted by molar-refractivity contribution is -0.132. The highest BCUT2D eigenvalue weighted by molar-refractivity contribution is 5.85. The van der Waals surface area contributed by atoms with Gasteiger partial charge in [0.05, 0.1) is 6.61 Å². The Morgan fingerprint density at radius 1 is 1.37 bits per heavy atom. The molecule has 1 aliphatic rings. The van der Waals surface area contributed by atoms with Gasteiger partial charge in [-0.25, -0.2) is 0 Å². The normalized spacial score (nSPS) is 19.3. The third-order valence-corrected chi connectivity index (χ3v) is 3.70. The van der Waals surface area contributed by atoms with Crippen LogP contribution in [-0.4, -0.2) is 52.5 Å². The van der Waals surface area contributed by atoms with Gasteiger partial charge in [-0.2, -0.15) is 0 Å². The van der Waals surface area contributed by atoms with E-state index in [4.69, 9.17) is 9.47 Å². The lowest BCUT2D eigenvalue weighted by Gasteiger charge is -2.37. The summed E-state index contributed by atoms with van der Waals surface area (Å²) in [4.78, 5) is 11.9. The molecule has 1 heterocycles. The number of halogens is 1. The summed E-state index contributed by atoms with van der Waals surface area (Å²) in [6.07, 6.45) is 2.42. The summed E-state index contributed by atoms with van der Waals surface area (Å²) < 4.78 is 10.5. The van der Waals surface area contributed by atoms with Gasteiger partial charge in [-0.1, -0.05) is 6.92 Å². The average molecular weight is 295 g/mol. The molecule has 0 bridgehead atoms. The van der Waals surface area contributed by atoms with Gasteiger partial charge in [0.25, 0.3) is 0 Å². The molecule has 1 amide bonds. The summed E-state index contributed by atoms with van der Waals surface area (Å²) in [5.74, 6) is -0.0194. The number of ether oxygens (including phenoxy) is 2. The van der Waals surface area contributed by atoms with Crippen LogP contribution < -0.4 is 10.6 Å². The average Bonchev–Trinajstić information content (AvgIpc) is 2.39. The van der Waals surface area contributed by atoms with Crippen molar-refractivity contribution in [1.82, 2.24) is 10.6 Å². The van der Waals surface area contributed by atoms with Crippen molar-refractivity contribution in [3.63, 3.8) is 0 Å². The van der Waals surface area contributed by atoms with E-state index in [1.54, 1.807) is 14.2 Å². The van der Waals surface area contributed by atoms with Gasteiger partial charge >= 0.3 is 0 Å². The molecular formula is C13H27ClN2O3. The molecule has 0 aliphatic carbocycles. The Kier molecular flexibility index (Phi) is 9.35. The maximum atomic E-state index is 11.9.